The van der Waals surface area contributed by atoms with Gasteiger partial charge >= 0.3 is 6.18 Å². The summed E-state index contributed by atoms with van der Waals surface area (Å²) in [4.78, 5) is 38.6. The van der Waals surface area contributed by atoms with E-state index < -0.39 is 52.0 Å². The van der Waals surface area contributed by atoms with Gasteiger partial charge in [0.2, 0.25) is 5.88 Å². The fourth-order valence-electron chi connectivity index (χ4n) is 4.46. The van der Waals surface area contributed by atoms with Gasteiger partial charge in [0.15, 0.2) is 28.9 Å². The number of methoxy groups -OCH3 is 3. The molecule has 0 radical (unpaired) electrons. The number of ether oxygens (including phenoxy) is 4. The molecular weight excluding hydrogens is 621 g/mol. The summed E-state index contributed by atoms with van der Waals surface area (Å²) in [5.41, 5.74) is -3.65. The lowest BCUT2D eigenvalue weighted by Gasteiger charge is -2.18. The lowest BCUT2D eigenvalue weighted by Crippen LogP contribution is -2.33. The van der Waals surface area contributed by atoms with Gasteiger partial charge in [0, 0.05) is 42.2 Å². The highest BCUT2D eigenvalue weighted by molar-refractivity contribution is 6.04. The number of aromatic nitrogens is 4. The third-order valence-corrected chi connectivity index (χ3v) is 6.61. The van der Waals surface area contributed by atoms with E-state index in [9.17, 15) is 22.8 Å². The monoisotopic (exact) mass is 643 g/mol. The molecule has 0 unspecified atom stereocenters. The number of alkyl halides is 3. The van der Waals surface area contributed by atoms with E-state index in [1.165, 1.54) is 52.6 Å². The minimum Gasteiger partial charge on any atom is -0.491 e. The summed E-state index contributed by atoms with van der Waals surface area (Å²) in [5, 5.41) is 2.14. The van der Waals surface area contributed by atoms with Crippen molar-refractivity contribution in [2.45, 2.75) is 13.1 Å². The maximum absolute atomic E-state index is 15.2. The molecule has 0 fully saturated rings. The minimum absolute atomic E-state index is 0.0626. The summed E-state index contributed by atoms with van der Waals surface area (Å²) in [6, 6.07) is 6.72. The first-order valence-electron chi connectivity index (χ1n) is 13.1. The van der Waals surface area contributed by atoms with E-state index >= 15 is 8.78 Å². The predicted octanol–water partition coefficient (Wildman–Crippen LogP) is 5.85. The first-order chi connectivity index (χ1) is 21.9. The van der Waals surface area contributed by atoms with Crippen LogP contribution in [0.3, 0.4) is 0 Å². The van der Waals surface area contributed by atoms with E-state index in [0.717, 1.165) is 6.20 Å². The third-order valence-electron chi connectivity index (χ3n) is 6.61. The molecule has 0 aliphatic carbocycles. The molecule has 1 aromatic carbocycles. The Hall–Kier alpha value is -5.80. The van der Waals surface area contributed by atoms with E-state index in [4.69, 9.17) is 18.9 Å². The van der Waals surface area contributed by atoms with Crippen molar-refractivity contribution >= 4 is 22.6 Å². The molecule has 11 nitrogen and oxygen atoms in total. The van der Waals surface area contributed by atoms with Gasteiger partial charge in [-0.1, -0.05) is 0 Å². The number of rotatable bonds is 8. The lowest BCUT2D eigenvalue weighted by molar-refractivity contribution is -0.142. The average molecular weight is 644 g/mol. The normalized spacial score (nSPS) is 11.3. The van der Waals surface area contributed by atoms with Crippen LogP contribution in [0.25, 0.3) is 16.7 Å². The molecule has 1 amide bonds. The van der Waals surface area contributed by atoms with E-state index in [0.29, 0.717) is 24.3 Å². The molecular formula is C30H22F5N5O6. The number of anilines is 1. The van der Waals surface area contributed by atoms with Gasteiger partial charge in [-0.2, -0.15) is 13.2 Å². The van der Waals surface area contributed by atoms with Crippen molar-refractivity contribution in [1.82, 2.24) is 19.5 Å². The Bertz CT molecular complexity index is 2030. The van der Waals surface area contributed by atoms with Gasteiger partial charge in [-0.3, -0.25) is 19.1 Å². The number of carbonyl (C=O) groups excluding carboxylic acids is 1. The van der Waals surface area contributed by atoms with Crippen LogP contribution >= 0.6 is 0 Å². The molecule has 5 rings (SSSR count). The van der Waals surface area contributed by atoms with Crippen molar-refractivity contribution in [2.75, 3.05) is 26.6 Å². The Labute approximate surface area is 256 Å². The van der Waals surface area contributed by atoms with E-state index in [2.05, 4.69) is 20.3 Å². The fourth-order valence-corrected chi connectivity index (χ4v) is 4.46. The van der Waals surface area contributed by atoms with Gasteiger partial charge in [0.05, 0.1) is 38.7 Å². The highest BCUT2D eigenvalue weighted by atomic mass is 19.4. The Morgan fingerprint density at radius 1 is 0.913 bits per heavy atom. The molecule has 0 bridgehead atoms. The average Bonchev–Trinajstić information content (AvgIpc) is 3.01. The van der Waals surface area contributed by atoms with Crippen molar-refractivity contribution in [3.63, 3.8) is 0 Å². The van der Waals surface area contributed by atoms with E-state index in [1.54, 1.807) is 0 Å². The van der Waals surface area contributed by atoms with Gasteiger partial charge in [-0.15, -0.1) is 0 Å². The number of aryl methyl sites for hydroxylation is 1. The molecule has 0 saturated carbocycles. The van der Waals surface area contributed by atoms with Crippen molar-refractivity contribution in [2.24, 2.45) is 0 Å². The molecule has 0 atom stereocenters. The first kappa shape index (κ1) is 31.6. The van der Waals surface area contributed by atoms with Crippen molar-refractivity contribution < 1.29 is 45.7 Å². The topological polar surface area (TPSA) is 127 Å². The fraction of sp³-hybridized carbons (Fsp3) is 0.167. The zero-order chi connectivity index (χ0) is 33.3. The quantitative estimate of drug-likeness (QED) is 0.207. The van der Waals surface area contributed by atoms with Gasteiger partial charge in [-0.25, -0.2) is 18.7 Å². The van der Waals surface area contributed by atoms with Crippen LogP contribution < -0.4 is 29.8 Å². The second kappa shape index (κ2) is 12.3. The Morgan fingerprint density at radius 2 is 1.63 bits per heavy atom. The zero-order valence-electron chi connectivity index (χ0n) is 24.3. The van der Waals surface area contributed by atoms with Gasteiger partial charge < -0.3 is 24.3 Å². The maximum atomic E-state index is 15.2. The zero-order valence-corrected chi connectivity index (χ0v) is 24.3. The van der Waals surface area contributed by atoms with Gasteiger partial charge in [0.1, 0.15) is 16.8 Å². The molecule has 0 spiro atoms. The molecule has 238 valence electrons. The van der Waals surface area contributed by atoms with E-state index in [1.807, 2.05) is 0 Å². The molecule has 0 aliphatic rings. The molecule has 1 N–H and O–H groups in total. The van der Waals surface area contributed by atoms with Crippen LogP contribution in [-0.2, 0) is 6.18 Å². The van der Waals surface area contributed by atoms with Crippen molar-refractivity contribution in [3.8, 4) is 34.7 Å². The second-order valence-corrected chi connectivity index (χ2v) is 9.49. The number of benzene rings is 1. The minimum atomic E-state index is -4.99. The maximum Gasteiger partial charge on any atom is 0.431 e. The van der Waals surface area contributed by atoms with E-state index in [-0.39, 0.29) is 50.1 Å². The van der Waals surface area contributed by atoms with Crippen molar-refractivity contribution in [3.05, 3.63) is 93.7 Å². The number of carbonyl (C=O) groups is 1. The van der Waals surface area contributed by atoms with Crippen LogP contribution in [0.4, 0.5) is 27.6 Å². The summed E-state index contributed by atoms with van der Waals surface area (Å²) in [6.45, 7) is 1.42. The summed E-state index contributed by atoms with van der Waals surface area (Å²) >= 11 is 0. The predicted molar refractivity (Wildman–Crippen MR) is 153 cm³/mol. The first-order valence-corrected chi connectivity index (χ1v) is 13.1. The van der Waals surface area contributed by atoms with Crippen LogP contribution in [-0.4, -0.2) is 46.8 Å². The third kappa shape index (κ3) is 5.96. The van der Waals surface area contributed by atoms with Crippen LogP contribution in [0.15, 0.2) is 59.7 Å². The molecule has 4 heterocycles. The lowest BCUT2D eigenvalue weighted by atomic mass is 10.1. The highest BCUT2D eigenvalue weighted by Gasteiger charge is 2.36. The van der Waals surface area contributed by atoms with Crippen LogP contribution in [0.2, 0.25) is 0 Å². The second-order valence-electron chi connectivity index (χ2n) is 9.49. The standard InChI is InChI=1S/C30H22F5N5O6/c1-14-9-24(44-3)37-13-20(14)40-23(30(33,34)35)6-5-16(29(40)42)27(41)38-15-10-17(31)26(18(32)11-15)46-21-7-8-36-19-12-22(43-2)28(45-4)39-25(19)21/h5-13H,1-4H3,(H,38,41). The number of amides is 1. The largest absolute Gasteiger partial charge is 0.491 e. The Balaban J connectivity index is 1.48. The number of hydrogen-bond acceptors (Lipinski definition) is 9. The summed E-state index contributed by atoms with van der Waals surface area (Å²) in [6.07, 6.45) is -2.68. The molecule has 4 aromatic heterocycles. The molecule has 16 heteroatoms. The van der Waals surface area contributed by atoms with Gasteiger partial charge in [0.25, 0.3) is 17.3 Å². The number of nitrogens with zero attached hydrogens (tertiary/aromatic N) is 4. The smallest absolute Gasteiger partial charge is 0.431 e. The molecule has 46 heavy (non-hydrogen) atoms. The SMILES string of the molecule is COc1cc(C)c(-n2c(C(F)(F)F)ccc(C(=O)Nc3cc(F)c(Oc4ccnc5cc(OC)c(OC)nc45)c(F)c3)c2=O)cn1. The Morgan fingerprint density at radius 3 is 2.24 bits per heavy atom. The van der Waals surface area contributed by atoms with Crippen LogP contribution in [0, 0.1) is 18.6 Å². The van der Waals surface area contributed by atoms with Crippen LogP contribution in [0.1, 0.15) is 21.6 Å². The number of halogens is 5. The molecule has 5 aromatic rings. The summed E-state index contributed by atoms with van der Waals surface area (Å²) < 4.78 is 93.1. The molecule has 0 aliphatic heterocycles. The Kier molecular flexibility index (Phi) is 8.45. The number of nitrogens with one attached hydrogen (secondary N) is 1. The number of fused-ring (bicyclic) bond motifs is 1. The molecule has 0 saturated heterocycles. The summed E-state index contributed by atoms with van der Waals surface area (Å²) in [7, 11) is 4.04. The van der Waals surface area contributed by atoms with Crippen molar-refractivity contribution in [1.29, 1.82) is 0 Å². The number of pyridine rings is 4. The summed E-state index contributed by atoms with van der Waals surface area (Å²) in [5.74, 6) is -4.29. The van der Waals surface area contributed by atoms with Crippen LogP contribution in [0.5, 0.6) is 29.0 Å². The number of hydrogen-bond donors (Lipinski definition) is 1. The van der Waals surface area contributed by atoms with Gasteiger partial charge in [-0.05, 0) is 24.6 Å². The highest BCUT2D eigenvalue weighted by Crippen LogP contribution is 2.36.